The third-order valence-corrected chi connectivity index (χ3v) is 5.85. The number of hydrogen-bond donors (Lipinski definition) is 1. The van der Waals surface area contributed by atoms with Gasteiger partial charge in [0.2, 0.25) is 0 Å². The molecular weight excluding hydrogens is 334 g/mol. The number of benzene rings is 1. The largest absolute Gasteiger partial charge is 0.491 e. The summed E-state index contributed by atoms with van der Waals surface area (Å²) in [6.45, 7) is 4.78. The van der Waals surface area contributed by atoms with Crippen molar-refractivity contribution in [2.45, 2.75) is 37.6 Å². The summed E-state index contributed by atoms with van der Waals surface area (Å²) in [6.07, 6.45) is 4.25. The molecule has 0 aliphatic heterocycles. The monoisotopic (exact) mass is 355 g/mol. The van der Waals surface area contributed by atoms with E-state index in [2.05, 4.69) is 15.0 Å². The molecule has 1 atom stereocenters. The molecule has 25 heavy (non-hydrogen) atoms. The molecule has 1 aliphatic rings. The molecule has 0 amide bonds. The van der Waals surface area contributed by atoms with Crippen molar-refractivity contribution in [3.8, 4) is 5.75 Å². The van der Waals surface area contributed by atoms with Gasteiger partial charge in [0.05, 0.1) is 34.4 Å². The van der Waals surface area contributed by atoms with Gasteiger partial charge in [-0.15, -0.1) is 0 Å². The Balaban J connectivity index is 1.59. The Labute approximate surface area is 149 Å². The van der Waals surface area contributed by atoms with Gasteiger partial charge in [-0.25, -0.2) is 4.98 Å². The molecule has 1 fully saturated rings. The van der Waals surface area contributed by atoms with E-state index in [-0.39, 0.29) is 0 Å². The maximum atomic E-state index is 12.8. The highest BCUT2D eigenvalue weighted by molar-refractivity contribution is 7.84. The molecule has 0 radical (unpaired) electrons. The van der Waals surface area contributed by atoms with Crippen molar-refractivity contribution in [3.63, 3.8) is 0 Å². The molecule has 3 aromatic rings. The Morgan fingerprint density at radius 1 is 1.28 bits per heavy atom. The fraction of sp³-hybridized carbons (Fsp3) is 0.368. The van der Waals surface area contributed by atoms with E-state index < -0.39 is 10.8 Å². The summed E-state index contributed by atoms with van der Waals surface area (Å²) >= 11 is 0. The zero-order chi connectivity index (χ0) is 17.4. The minimum Gasteiger partial charge on any atom is -0.491 e. The lowest BCUT2D eigenvalue weighted by Crippen LogP contribution is -2.03. The average molecular weight is 355 g/mol. The highest BCUT2D eigenvalue weighted by atomic mass is 32.2. The molecule has 0 saturated heterocycles. The molecule has 130 valence electrons. The number of rotatable bonds is 6. The van der Waals surface area contributed by atoms with Gasteiger partial charge in [0.1, 0.15) is 11.3 Å². The third-order valence-electron chi connectivity index (χ3n) is 4.69. The van der Waals surface area contributed by atoms with Crippen LogP contribution in [0.3, 0.4) is 0 Å². The molecule has 6 heteroatoms. The maximum absolute atomic E-state index is 12.8. The van der Waals surface area contributed by atoms with Crippen molar-refractivity contribution in [1.29, 1.82) is 0 Å². The molecule has 1 N–H and O–H groups in total. The van der Waals surface area contributed by atoms with Crippen LogP contribution in [0.1, 0.15) is 29.7 Å². The van der Waals surface area contributed by atoms with Gasteiger partial charge in [-0.3, -0.25) is 9.19 Å². The maximum Gasteiger partial charge on any atom is 0.197 e. The second kappa shape index (κ2) is 6.59. The summed E-state index contributed by atoms with van der Waals surface area (Å²) in [5, 5.41) is 0.472. The summed E-state index contributed by atoms with van der Waals surface area (Å²) in [7, 11) is -1.28. The molecule has 0 spiro atoms. The summed E-state index contributed by atoms with van der Waals surface area (Å²) < 4.78 is 18.7. The Bertz CT molecular complexity index is 947. The van der Waals surface area contributed by atoms with Gasteiger partial charge in [0, 0.05) is 6.20 Å². The van der Waals surface area contributed by atoms with Crippen LogP contribution in [0.5, 0.6) is 5.75 Å². The second-order valence-electron chi connectivity index (χ2n) is 6.64. The number of ether oxygens (including phenoxy) is 1. The average Bonchev–Trinajstić information content (AvgIpc) is 3.33. The van der Waals surface area contributed by atoms with Gasteiger partial charge in [0.25, 0.3) is 0 Å². The van der Waals surface area contributed by atoms with E-state index in [4.69, 9.17) is 4.74 Å². The first kappa shape index (κ1) is 16.3. The van der Waals surface area contributed by atoms with Gasteiger partial charge in [-0.1, -0.05) is 6.07 Å². The lowest BCUT2D eigenvalue weighted by Gasteiger charge is -2.06. The molecule has 1 aliphatic carbocycles. The predicted molar refractivity (Wildman–Crippen MR) is 98.1 cm³/mol. The number of H-pyrrole nitrogens is 1. The minimum atomic E-state index is -1.28. The minimum absolute atomic E-state index is 0.353. The van der Waals surface area contributed by atoms with Gasteiger partial charge in [-0.05, 0) is 61.9 Å². The fourth-order valence-electron chi connectivity index (χ4n) is 2.73. The van der Waals surface area contributed by atoms with Crippen LogP contribution in [-0.4, -0.2) is 25.8 Å². The number of imidazole rings is 1. The normalized spacial score (nSPS) is 15.4. The summed E-state index contributed by atoms with van der Waals surface area (Å²) in [6, 6.07) is 7.75. The van der Waals surface area contributed by atoms with Crippen LogP contribution in [0.25, 0.3) is 11.0 Å². The Hall–Kier alpha value is -2.21. The van der Waals surface area contributed by atoms with Crippen molar-refractivity contribution >= 4 is 21.8 Å². The molecule has 4 rings (SSSR count). The van der Waals surface area contributed by atoms with Crippen molar-refractivity contribution in [2.24, 2.45) is 5.92 Å². The van der Waals surface area contributed by atoms with Gasteiger partial charge >= 0.3 is 0 Å². The van der Waals surface area contributed by atoms with Crippen LogP contribution in [0.4, 0.5) is 0 Å². The van der Waals surface area contributed by atoms with Crippen LogP contribution in [0.2, 0.25) is 0 Å². The van der Waals surface area contributed by atoms with Crippen LogP contribution >= 0.6 is 0 Å². The Kier molecular flexibility index (Phi) is 4.29. The number of para-hydroxylation sites is 1. The summed E-state index contributed by atoms with van der Waals surface area (Å²) in [5.74, 6) is 1.79. The second-order valence-corrected chi connectivity index (χ2v) is 8.00. The van der Waals surface area contributed by atoms with Crippen molar-refractivity contribution in [2.75, 3.05) is 6.61 Å². The van der Waals surface area contributed by atoms with Crippen LogP contribution in [-0.2, 0) is 16.6 Å². The van der Waals surface area contributed by atoms with Crippen LogP contribution < -0.4 is 4.74 Å². The van der Waals surface area contributed by atoms with Crippen LogP contribution in [0.15, 0.2) is 35.6 Å². The van der Waals surface area contributed by atoms with E-state index in [1.54, 1.807) is 6.20 Å². The fourth-order valence-corrected chi connectivity index (χ4v) is 3.82. The molecule has 1 saturated carbocycles. The topological polar surface area (TPSA) is 67.9 Å². The number of hydrogen-bond acceptors (Lipinski definition) is 4. The first-order chi connectivity index (χ1) is 12.1. The first-order valence-electron chi connectivity index (χ1n) is 8.53. The van der Waals surface area contributed by atoms with Crippen molar-refractivity contribution < 1.29 is 8.95 Å². The standard InChI is InChI=1S/C19H21N3O2S/c1-12-8-9-20-16(13(12)2)11-25(23)19-21-15-4-3-5-17(18(15)22-19)24-10-14-6-7-14/h3-5,8-9,14H,6-7,10-11H2,1-2H3,(H,21,22). The van der Waals surface area contributed by atoms with E-state index in [0.717, 1.165) is 40.2 Å². The van der Waals surface area contributed by atoms with E-state index >= 15 is 0 Å². The van der Waals surface area contributed by atoms with Gasteiger partial charge < -0.3 is 9.72 Å². The number of aromatic nitrogens is 3. The number of pyridine rings is 1. The predicted octanol–water partition coefficient (Wildman–Crippen LogP) is 3.67. The number of nitrogens with one attached hydrogen (secondary N) is 1. The molecule has 0 bridgehead atoms. The van der Waals surface area contributed by atoms with Crippen molar-refractivity contribution in [1.82, 2.24) is 15.0 Å². The van der Waals surface area contributed by atoms with E-state index in [9.17, 15) is 4.21 Å². The van der Waals surface area contributed by atoms with E-state index in [1.807, 2.05) is 38.1 Å². The molecule has 2 heterocycles. The van der Waals surface area contributed by atoms with Gasteiger partial charge in [0.15, 0.2) is 5.16 Å². The number of aromatic amines is 1. The number of nitrogens with zero attached hydrogens (tertiary/aromatic N) is 2. The smallest absolute Gasteiger partial charge is 0.197 e. The summed E-state index contributed by atoms with van der Waals surface area (Å²) in [5.41, 5.74) is 4.69. The third kappa shape index (κ3) is 3.44. The van der Waals surface area contributed by atoms with Gasteiger partial charge in [-0.2, -0.15) is 0 Å². The van der Waals surface area contributed by atoms with E-state index in [0.29, 0.717) is 16.8 Å². The van der Waals surface area contributed by atoms with Crippen LogP contribution in [0, 0.1) is 19.8 Å². The molecule has 2 aromatic heterocycles. The Morgan fingerprint density at radius 2 is 2.12 bits per heavy atom. The number of aryl methyl sites for hydroxylation is 1. The first-order valence-corrected chi connectivity index (χ1v) is 9.84. The molecule has 5 nitrogen and oxygen atoms in total. The number of fused-ring (bicyclic) bond motifs is 1. The summed E-state index contributed by atoms with van der Waals surface area (Å²) in [4.78, 5) is 12.1. The zero-order valence-corrected chi connectivity index (χ0v) is 15.2. The highest BCUT2D eigenvalue weighted by Crippen LogP contribution is 2.31. The quantitative estimate of drug-likeness (QED) is 0.732. The molecule has 1 aromatic carbocycles. The molecule has 1 unspecified atom stereocenters. The zero-order valence-electron chi connectivity index (χ0n) is 14.4. The SMILES string of the molecule is Cc1ccnc(CS(=O)c2nc3c(OCC4CC4)cccc3[nH]2)c1C. The lowest BCUT2D eigenvalue weighted by atomic mass is 10.1. The lowest BCUT2D eigenvalue weighted by molar-refractivity contribution is 0.302. The Morgan fingerprint density at radius 3 is 2.92 bits per heavy atom. The highest BCUT2D eigenvalue weighted by Gasteiger charge is 2.23. The van der Waals surface area contributed by atoms with Crippen molar-refractivity contribution in [3.05, 3.63) is 47.3 Å². The van der Waals surface area contributed by atoms with E-state index in [1.165, 1.54) is 12.8 Å². The molecular formula is C19H21N3O2S.